The highest BCUT2D eigenvalue weighted by atomic mass is 14.8. The Morgan fingerprint density at radius 3 is 2.36 bits per heavy atom. The van der Waals surface area contributed by atoms with Crippen molar-refractivity contribution < 1.29 is 0 Å². The number of rotatable bonds is 6. The first-order valence-electron chi connectivity index (χ1n) is 9.70. The molecule has 2 aliphatic rings. The fourth-order valence-corrected chi connectivity index (χ4v) is 5.85. The maximum atomic E-state index is 7.21. The van der Waals surface area contributed by atoms with E-state index in [4.69, 9.17) is 11.5 Å². The lowest BCUT2D eigenvalue weighted by Crippen LogP contribution is -2.64. The van der Waals surface area contributed by atoms with Gasteiger partial charge in [-0.2, -0.15) is 0 Å². The molecule has 6 atom stereocenters. The van der Waals surface area contributed by atoms with Gasteiger partial charge in [-0.25, -0.2) is 0 Å². The molecule has 2 rings (SSSR count). The van der Waals surface area contributed by atoms with Gasteiger partial charge in [-0.05, 0) is 68.2 Å². The summed E-state index contributed by atoms with van der Waals surface area (Å²) in [5, 5.41) is 0. The standard InChI is InChI=1S/C20H38N2/c1-5-8-17-14(4)16(7-3)19(11-12-21)20(22)13-15(6-2)9-10-18(17)20/h15-19H,4-13,21-22H2,1-3H3/t15?,16-,17-,18?,19+,20?/m1/s1. The lowest BCUT2D eigenvalue weighted by Gasteiger charge is -2.59. The van der Waals surface area contributed by atoms with Crippen molar-refractivity contribution in [3.8, 4) is 0 Å². The first-order valence-corrected chi connectivity index (χ1v) is 9.70. The van der Waals surface area contributed by atoms with Crippen LogP contribution in [-0.4, -0.2) is 12.1 Å². The minimum atomic E-state index is 0. The van der Waals surface area contributed by atoms with Crippen molar-refractivity contribution in [1.82, 2.24) is 0 Å². The van der Waals surface area contributed by atoms with Gasteiger partial charge in [0, 0.05) is 5.54 Å². The van der Waals surface area contributed by atoms with Gasteiger partial charge in [-0.15, -0.1) is 0 Å². The van der Waals surface area contributed by atoms with Crippen LogP contribution in [0.3, 0.4) is 0 Å². The Hall–Kier alpha value is -0.340. The van der Waals surface area contributed by atoms with Crippen molar-refractivity contribution in [2.45, 2.75) is 77.7 Å². The van der Waals surface area contributed by atoms with Crippen molar-refractivity contribution in [2.75, 3.05) is 6.54 Å². The van der Waals surface area contributed by atoms with E-state index in [0.29, 0.717) is 23.7 Å². The van der Waals surface area contributed by atoms with Crippen LogP contribution in [0.15, 0.2) is 12.2 Å². The van der Waals surface area contributed by atoms with E-state index < -0.39 is 0 Å². The molecule has 0 amide bonds. The Labute approximate surface area is 138 Å². The van der Waals surface area contributed by atoms with Gasteiger partial charge >= 0.3 is 0 Å². The summed E-state index contributed by atoms with van der Waals surface area (Å²) >= 11 is 0. The molecule has 2 fully saturated rings. The molecule has 2 nitrogen and oxygen atoms in total. The molecule has 4 N–H and O–H groups in total. The summed E-state index contributed by atoms with van der Waals surface area (Å²) in [6.07, 6.45) is 9.90. The summed E-state index contributed by atoms with van der Waals surface area (Å²) in [4.78, 5) is 0. The van der Waals surface area contributed by atoms with E-state index in [1.165, 1.54) is 50.5 Å². The Bertz CT molecular complexity index is 378. The molecule has 2 heteroatoms. The van der Waals surface area contributed by atoms with Crippen molar-refractivity contribution >= 4 is 0 Å². The molecule has 0 aromatic carbocycles. The minimum Gasteiger partial charge on any atom is -0.330 e. The molecule has 0 spiro atoms. The molecular formula is C20H38N2. The number of allylic oxidation sites excluding steroid dienone is 1. The lowest BCUT2D eigenvalue weighted by molar-refractivity contribution is -0.00771. The van der Waals surface area contributed by atoms with Crippen LogP contribution in [0.5, 0.6) is 0 Å². The van der Waals surface area contributed by atoms with Gasteiger partial charge in [0.05, 0.1) is 0 Å². The van der Waals surface area contributed by atoms with E-state index in [1.54, 1.807) is 0 Å². The van der Waals surface area contributed by atoms with Gasteiger partial charge in [0.2, 0.25) is 0 Å². The van der Waals surface area contributed by atoms with Crippen LogP contribution in [0.1, 0.15) is 72.1 Å². The van der Waals surface area contributed by atoms with Gasteiger partial charge in [-0.3, -0.25) is 0 Å². The highest BCUT2D eigenvalue weighted by Gasteiger charge is 2.54. The molecule has 0 aromatic heterocycles. The normalized spacial score (nSPS) is 42.2. The smallest absolute Gasteiger partial charge is 0.0226 e. The average Bonchev–Trinajstić information content (AvgIpc) is 2.51. The van der Waals surface area contributed by atoms with E-state index >= 15 is 0 Å². The first kappa shape index (κ1) is 18.0. The Morgan fingerprint density at radius 1 is 1.09 bits per heavy atom. The van der Waals surface area contributed by atoms with E-state index in [9.17, 15) is 0 Å². The van der Waals surface area contributed by atoms with Crippen LogP contribution in [-0.2, 0) is 0 Å². The second-order valence-electron chi connectivity index (χ2n) is 7.94. The zero-order valence-electron chi connectivity index (χ0n) is 15.1. The third-order valence-corrected chi connectivity index (χ3v) is 6.93. The van der Waals surface area contributed by atoms with Crippen LogP contribution in [0.4, 0.5) is 0 Å². The fourth-order valence-electron chi connectivity index (χ4n) is 5.85. The predicted molar refractivity (Wildman–Crippen MR) is 96.5 cm³/mol. The van der Waals surface area contributed by atoms with Crippen LogP contribution in [0.2, 0.25) is 0 Å². The quantitative estimate of drug-likeness (QED) is 0.710. The number of nitrogens with two attached hydrogens (primary N) is 2. The molecule has 3 unspecified atom stereocenters. The van der Waals surface area contributed by atoms with Crippen LogP contribution >= 0.6 is 0 Å². The molecule has 0 saturated heterocycles. The first-order chi connectivity index (χ1) is 10.5. The summed E-state index contributed by atoms with van der Waals surface area (Å²) in [5.74, 6) is 3.22. The summed E-state index contributed by atoms with van der Waals surface area (Å²) in [6.45, 7) is 12.3. The lowest BCUT2D eigenvalue weighted by atomic mass is 9.49. The number of fused-ring (bicyclic) bond motifs is 1. The van der Waals surface area contributed by atoms with Gasteiger partial charge in [0.15, 0.2) is 0 Å². The van der Waals surface area contributed by atoms with Crippen molar-refractivity contribution in [3.63, 3.8) is 0 Å². The van der Waals surface area contributed by atoms with Crippen LogP contribution in [0, 0.1) is 29.6 Å². The molecule has 0 bridgehead atoms. The van der Waals surface area contributed by atoms with Crippen molar-refractivity contribution in [1.29, 1.82) is 0 Å². The van der Waals surface area contributed by atoms with E-state index in [-0.39, 0.29) is 5.54 Å². The summed E-state index contributed by atoms with van der Waals surface area (Å²) in [5.41, 5.74) is 14.7. The molecule has 0 aromatic rings. The Kier molecular flexibility index (Phi) is 6.13. The van der Waals surface area contributed by atoms with E-state index in [2.05, 4.69) is 27.4 Å². The van der Waals surface area contributed by atoms with Gasteiger partial charge in [0.25, 0.3) is 0 Å². The molecule has 0 radical (unpaired) electrons. The topological polar surface area (TPSA) is 52.0 Å². The molecule has 22 heavy (non-hydrogen) atoms. The number of hydrogen-bond acceptors (Lipinski definition) is 2. The third kappa shape index (κ3) is 3.01. The molecule has 2 aliphatic carbocycles. The minimum absolute atomic E-state index is 0. The van der Waals surface area contributed by atoms with Crippen LogP contribution < -0.4 is 11.5 Å². The predicted octanol–water partition coefficient (Wildman–Crippen LogP) is 4.49. The maximum absolute atomic E-state index is 7.21. The molecular weight excluding hydrogens is 268 g/mol. The maximum Gasteiger partial charge on any atom is 0.0226 e. The third-order valence-electron chi connectivity index (χ3n) is 6.93. The van der Waals surface area contributed by atoms with Crippen molar-refractivity contribution in [2.24, 2.45) is 41.1 Å². The molecule has 128 valence electrons. The highest BCUT2D eigenvalue weighted by Crippen LogP contribution is 2.56. The zero-order valence-corrected chi connectivity index (χ0v) is 15.1. The van der Waals surface area contributed by atoms with Crippen molar-refractivity contribution in [3.05, 3.63) is 12.2 Å². The van der Waals surface area contributed by atoms with Crippen LogP contribution in [0.25, 0.3) is 0 Å². The second kappa shape index (κ2) is 7.49. The van der Waals surface area contributed by atoms with Gasteiger partial charge in [0.1, 0.15) is 0 Å². The summed E-state index contributed by atoms with van der Waals surface area (Å²) in [6, 6.07) is 0. The molecule has 2 saturated carbocycles. The highest BCUT2D eigenvalue weighted by molar-refractivity contribution is 5.22. The monoisotopic (exact) mass is 306 g/mol. The van der Waals surface area contributed by atoms with E-state index in [1.807, 2.05) is 0 Å². The molecule has 0 heterocycles. The van der Waals surface area contributed by atoms with E-state index in [0.717, 1.165) is 18.9 Å². The number of hydrogen-bond donors (Lipinski definition) is 2. The Morgan fingerprint density at radius 2 is 1.82 bits per heavy atom. The fraction of sp³-hybridized carbons (Fsp3) is 0.900. The summed E-state index contributed by atoms with van der Waals surface area (Å²) in [7, 11) is 0. The van der Waals surface area contributed by atoms with Gasteiger partial charge in [-0.1, -0.05) is 52.2 Å². The molecule has 0 aliphatic heterocycles. The van der Waals surface area contributed by atoms with Gasteiger partial charge < -0.3 is 11.5 Å². The summed E-state index contributed by atoms with van der Waals surface area (Å²) < 4.78 is 0. The largest absolute Gasteiger partial charge is 0.330 e. The second-order valence-corrected chi connectivity index (χ2v) is 7.94. The zero-order chi connectivity index (χ0) is 16.3. The SMILES string of the molecule is C=C1[C@@H](CCC)C2CCC(CC)CC2(N)[C@@H](CCN)[C@@H]1CC. The Balaban J connectivity index is 2.38. The average molecular weight is 307 g/mol.